The van der Waals surface area contributed by atoms with Gasteiger partial charge in [0.2, 0.25) is 0 Å². The first kappa shape index (κ1) is 10.2. The predicted octanol–water partition coefficient (Wildman–Crippen LogP) is 2.42. The van der Waals surface area contributed by atoms with E-state index in [9.17, 15) is 4.79 Å². The van der Waals surface area contributed by atoms with Crippen LogP contribution < -0.4 is 0 Å². The van der Waals surface area contributed by atoms with Gasteiger partial charge in [0.1, 0.15) is 12.2 Å². The number of carbonyl (C=O) groups is 1. The zero-order valence-electron chi connectivity index (χ0n) is 7.53. The first-order valence-electron chi connectivity index (χ1n) is 4.16. The lowest BCUT2D eigenvalue weighted by molar-refractivity contribution is -0.136. The average Bonchev–Trinajstić information content (AvgIpc) is 2.72. The van der Waals surface area contributed by atoms with Gasteiger partial charge in [-0.2, -0.15) is 0 Å². The lowest BCUT2D eigenvalue weighted by Crippen LogP contribution is -2.01. The molecule has 0 aliphatic heterocycles. The Morgan fingerprint density at radius 3 is 3.00 bits per heavy atom. The highest BCUT2D eigenvalue weighted by Gasteiger charge is 2.08. The molecule has 0 aliphatic carbocycles. The van der Waals surface area contributed by atoms with Crippen LogP contribution in [0.1, 0.15) is 5.82 Å². The van der Waals surface area contributed by atoms with E-state index in [0.29, 0.717) is 10.2 Å². The van der Waals surface area contributed by atoms with Crippen LogP contribution in [0.15, 0.2) is 18.3 Å². The number of H-pyrrole nitrogens is 1. The number of aromatic amines is 1. The van der Waals surface area contributed by atoms with E-state index in [1.165, 1.54) is 11.3 Å². The van der Waals surface area contributed by atoms with Gasteiger partial charge in [0, 0.05) is 0 Å². The molecule has 2 aromatic heterocycles. The maximum Gasteiger partial charge on any atom is 0.311 e. The van der Waals surface area contributed by atoms with Crippen LogP contribution in [0.25, 0.3) is 10.6 Å². The van der Waals surface area contributed by atoms with Crippen LogP contribution in [0, 0.1) is 0 Å². The molecular formula is C9H7ClN2O2S. The number of halogens is 1. The largest absolute Gasteiger partial charge is 0.481 e. The number of rotatable bonds is 3. The minimum absolute atomic E-state index is 0.0981. The lowest BCUT2D eigenvalue weighted by Gasteiger charge is -1.90. The molecular weight excluding hydrogens is 236 g/mol. The van der Waals surface area contributed by atoms with Gasteiger partial charge < -0.3 is 10.1 Å². The Labute approximate surface area is 94.5 Å². The summed E-state index contributed by atoms with van der Waals surface area (Å²) < 4.78 is 0.694. The molecule has 0 aromatic carbocycles. The van der Waals surface area contributed by atoms with Crippen LogP contribution in [0.5, 0.6) is 0 Å². The summed E-state index contributed by atoms with van der Waals surface area (Å²) >= 11 is 7.21. The van der Waals surface area contributed by atoms with Crippen molar-refractivity contribution in [3.63, 3.8) is 0 Å². The molecule has 15 heavy (non-hydrogen) atoms. The van der Waals surface area contributed by atoms with Crippen LogP contribution in [0.2, 0.25) is 4.34 Å². The Hall–Kier alpha value is -1.33. The molecule has 4 nitrogen and oxygen atoms in total. The normalized spacial score (nSPS) is 10.5. The number of carboxylic acid groups (broad SMARTS) is 1. The van der Waals surface area contributed by atoms with Gasteiger partial charge >= 0.3 is 5.97 Å². The summed E-state index contributed by atoms with van der Waals surface area (Å²) in [7, 11) is 0. The van der Waals surface area contributed by atoms with E-state index in [4.69, 9.17) is 16.7 Å². The molecule has 2 heterocycles. The van der Waals surface area contributed by atoms with E-state index in [2.05, 4.69) is 9.97 Å². The smallest absolute Gasteiger partial charge is 0.311 e. The van der Waals surface area contributed by atoms with Crippen molar-refractivity contribution < 1.29 is 9.90 Å². The molecule has 0 saturated heterocycles. The van der Waals surface area contributed by atoms with Crippen molar-refractivity contribution in [1.29, 1.82) is 0 Å². The molecule has 0 fully saturated rings. The highest BCUT2D eigenvalue weighted by molar-refractivity contribution is 7.19. The number of hydrogen-bond donors (Lipinski definition) is 2. The van der Waals surface area contributed by atoms with Crippen molar-refractivity contribution in [2.75, 3.05) is 0 Å². The molecule has 6 heteroatoms. The first-order chi connectivity index (χ1) is 7.15. The molecule has 0 saturated carbocycles. The van der Waals surface area contributed by atoms with Gasteiger partial charge in [0.25, 0.3) is 0 Å². The summed E-state index contributed by atoms with van der Waals surface area (Å²) in [5, 5.41) is 8.57. The number of nitrogens with one attached hydrogen (secondary N) is 1. The summed E-state index contributed by atoms with van der Waals surface area (Å²) in [6, 6.07) is 3.66. The average molecular weight is 243 g/mol. The zero-order valence-corrected chi connectivity index (χ0v) is 9.10. The van der Waals surface area contributed by atoms with Gasteiger partial charge in [-0.25, -0.2) is 4.98 Å². The van der Waals surface area contributed by atoms with Gasteiger partial charge in [0.15, 0.2) is 0 Å². The minimum Gasteiger partial charge on any atom is -0.481 e. The van der Waals surface area contributed by atoms with Crippen molar-refractivity contribution in [3.8, 4) is 10.6 Å². The number of hydrogen-bond acceptors (Lipinski definition) is 3. The fraction of sp³-hybridized carbons (Fsp3) is 0.111. The van der Waals surface area contributed by atoms with Crippen LogP contribution in [0.3, 0.4) is 0 Å². The van der Waals surface area contributed by atoms with Crippen molar-refractivity contribution in [2.45, 2.75) is 6.42 Å². The third-order valence-corrected chi connectivity index (χ3v) is 3.05. The monoisotopic (exact) mass is 242 g/mol. The van der Waals surface area contributed by atoms with E-state index < -0.39 is 5.97 Å². The number of nitrogens with zero attached hydrogens (tertiary/aromatic N) is 1. The Kier molecular flexibility index (Phi) is 2.75. The highest BCUT2D eigenvalue weighted by Crippen LogP contribution is 2.29. The molecule has 0 radical (unpaired) electrons. The van der Waals surface area contributed by atoms with E-state index in [1.54, 1.807) is 12.3 Å². The Bertz CT molecular complexity index is 492. The van der Waals surface area contributed by atoms with Gasteiger partial charge in [-0.1, -0.05) is 11.6 Å². The van der Waals surface area contributed by atoms with Crippen molar-refractivity contribution in [1.82, 2.24) is 9.97 Å². The maximum absolute atomic E-state index is 10.4. The first-order valence-corrected chi connectivity index (χ1v) is 5.36. The van der Waals surface area contributed by atoms with E-state index in [0.717, 1.165) is 10.6 Å². The second kappa shape index (κ2) is 4.04. The molecule has 0 aliphatic rings. The van der Waals surface area contributed by atoms with Crippen LogP contribution in [-0.4, -0.2) is 21.0 Å². The molecule has 0 atom stereocenters. The molecule has 0 spiro atoms. The minimum atomic E-state index is -0.903. The van der Waals surface area contributed by atoms with Gasteiger partial charge in [-0.15, -0.1) is 11.3 Å². The summed E-state index contributed by atoms with van der Waals surface area (Å²) in [4.78, 5) is 18.3. The molecule has 0 amide bonds. The number of imidazole rings is 1. The van der Waals surface area contributed by atoms with E-state index >= 15 is 0 Å². The Morgan fingerprint density at radius 1 is 1.60 bits per heavy atom. The summed E-state index contributed by atoms with van der Waals surface area (Å²) in [5.41, 5.74) is 0.795. The van der Waals surface area contributed by atoms with Crippen molar-refractivity contribution in [3.05, 3.63) is 28.5 Å². The molecule has 2 rings (SSSR count). The van der Waals surface area contributed by atoms with Gasteiger partial charge in [-0.3, -0.25) is 4.79 Å². The molecule has 0 unspecified atom stereocenters. The number of aromatic nitrogens is 2. The van der Waals surface area contributed by atoms with Gasteiger partial charge in [-0.05, 0) is 12.1 Å². The maximum atomic E-state index is 10.4. The topological polar surface area (TPSA) is 66.0 Å². The third kappa shape index (κ3) is 2.37. The third-order valence-electron chi connectivity index (χ3n) is 1.79. The zero-order chi connectivity index (χ0) is 10.8. The van der Waals surface area contributed by atoms with E-state index in [-0.39, 0.29) is 6.42 Å². The van der Waals surface area contributed by atoms with Crippen LogP contribution in [0.4, 0.5) is 0 Å². The second-order valence-corrected chi connectivity index (χ2v) is 4.63. The molecule has 2 aromatic rings. The highest BCUT2D eigenvalue weighted by atomic mass is 35.5. The van der Waals surface area contributed by atoms with Crippen molar-refractivity contribution >= 4 is 28.9 Å². The number of aliphatic carboxylic acids is 1. The summed E-state index contributed by atoms with van der Waals surface area (Å²) in [5.74, 6) is -0.456. The van der Waals surface area contributed by atoms with E-state index in [1.807, 2.05) is 6.07 Å². The Morgan fingerprint density at radius 2 is 2.40 bits per heavy atom. The summed E-state index contributed by atoms with van der Waals surface area (Å²) in [6.07, 6.45) is 1.51. The number of carboxylic acids is 1. The SMILES string of the molecule is O=C(O)Cc1ncc(-c2ccc(Cl)s2)[nH]1. The van der Waals surface area contributed by atoms with Crippen LogP contribution >= 0.6 is 22.9 Å². The van der Waals surface area contributed by atoms with Crippen molar-refractivity contribution in [2.24, 2.45) is 0 Å². The molecule has 2 N–H and O–H groups in total. The summed E-state index contributed by atoms with van der Waals surface area (Å²) in [6.45, 7) is 0. The predicted molar refractivity (Wildman–Crippen MR) is 58.3 cm³/mol. The Balaban J connectivity index is 2.23. The van der Waals surface area contributed by atoms with Gasteiger partial charge in [0.05, 0.1) is 21.1 Å². The molecule has 0 bridgehead atoms. The molecule has 78 valence electrons. The standard InChI is InChI=1S/C9H7ClN2O2S/c10-7-2-1-6(15-7)5-4-11-8(12-5)3-9(13)14/h1-2,4H,3H2,(H,11,12)(H,13,14). The fourth-order valence-electron chi connectivity index (χ4n) is 1.18. The van der Waals surface area contributed by atoms with Crippen LogP contribution in [-0.2, 0) is 11.2 Å². The quantitative estimate of drug-likeness (QED) is 0.869. The second-order valence-electron chi connectivity index (χ2n) is 2.92. The fourth-order valence-corrected chi connectivity index (χ4v) is 2.19. The number of thiophene rings is 1. The lowest BCUT2D eigenvalue weighted by atomic mass is 10.4.